The van der Waals surface area contributed by atoms with E-state index < -0.39 is 0 Å². The average Bonchev–Trinajstić information content (AvgIpc) is 2.66. The van der Waals surface area contributed by atoms with E-state index in [0.29, 0.717) is 6.42 Å². The van der Waals surface area contributed by atoms with Gasteiger partial charge in [0.1, 0.15) is 0 Å². The van der Waals surface area contributed by atoms with Gasteiger partial charge in [0.25, 0.3) is 0 Å². The summed E-state index contributed by atoms with van der Waals surface area (Å²) in [7, 11) is 0. The van der Waals surface area contributed by atoms with Gasteiger partial charge in [-0.1, -0.05) is 6.42 Å². The second-order valence-corrected chi connectivity index (χ2v) is 4.49. The van der Waals surface area contributed by atoms with Crippen LogP contribution in [-0.4, -0.2) is 28.9 Å². The highest BCUT2D eigenvalue weighted by Crippen LogP contribution is 2.12. The zero-order chi connectivity index (χ0) is 11.4. The molecule has 1 amide bonds. The van der Waals surface area contributed by atoms with Crippen molar-refractivity contribution in [3.63, 3.8) is 0 Å². The van der Waals surface area contributed by atoms with Crippen LogP contribution >= 0.6 is 0 Å². The summed E-state index contributed by atoms with van der Waals surface area (Å²) in [5, 5.41) is 0. The van der Waals surface area contributed by atoms with Crippen LogP contribution in [0, 0.1) is 0 Å². The highest BCUT2D eigenvalue weighted by Gasteiger charge is 2.11. The molecule has 0 atom stereocenters. The first-order valence-electron chi connectivity index (χ1n) is 5.91. The molecule has 16 heavy (non-hydrogen) atoms. The molecule has 2 rings (SSSR count). The number of hydrogen-bond donors (Lipinski definition) is 2. The number of primary amides is 1. The number of rotatable bonds is 4. The molecule has 0 bridgehead atoms. The van der Waals surface area contributed by atoms with Gasteiger partial charge >= 0.3 is 0 Å². The molecule has 3 N–H and O–H groups in total. The molecule has 4 nitrogen and oxygen atoms in total. The van der Waals surface area contributed by atoms with Gasteiger partial charge in [0.15, 0.2) is 0 Å². The maximum absolute atomic E-state index is 10.8. The van der Waals surface area contributed by atoms with Gasteiger partial charge < -0.3 is 10.7 Å². The molecular formula is C12H19N3O. The molecule has 1 aliphatic heterocycles. The maximum Gasteiger partial charge on any atom is 0.223 e. The van der Waals surface area contributed by atoms with E-state index >= 15 is 0 Å². The van der Waals surface area contributed by atoms with Crippen molar-refractivity contribution in [2.75, 3.05) is 13.1 Å². The van der Waals surface area contributed by atoms with Crippen LogP contribution in [-0.2, 0) is 17.8 Å². The Kier molecular flexibility index (Phi) is 3.62. The lowest BCUT2D eigenvalue weighted by molar-refractivity contribution is -0.117. The van der Waals surface area contributed by atoms with E-state index in [9.17, 15) is 4.79 Å². The minimum absolute atomic E-state index is 0.286. The highest BCUT2D eigenvalue weighted by molar-refractivity contribution is 5.76. The number of nitrogens with zero attached hydrogens (tertiary/aromatic N) is 1. The van der Waals surface area contributed by atoms with E-state index in [0.717, 1.165) is 12.2 Å². The third-order valence-corrected chi connectivity index (χ3v) is 3.01. The van der Waals surface area contributed by atoms with Gasteiger partial charge in [-0.15, -0.1) is 0 Å². The molecule has 4 heteroatoms. The molecule has 0 aliphatic carbocycles. The van der Waals surface area contributed by atoms with Crippen LogP contribution in [0.1, 0.15) is 30.7 Å². The topological polar surface area (TPSA) is 62.1 Å². The van der Waals surface area contributed by atoms with Crippen LogP contribution in [0.4, 0.5) is 0 Å². The number of nitrogens with one attached hydrogen (secondary N) is 1. The Morgan fingerprint density at radius 1 is 1.25 bits per heavy atom. The molecule has 1 aromatic heterocycles. The zero-order valence-corrected chi connectivity index (χ0v) is 9.54. The summed E-state index contributed by atoms with van der Waals surface area (Å²) < 4.78 is 0. The first-order chi connectivity index (χ1) is 7.74. The second-order valence-electron chi connectivity index (χ2n) is 4.49. The first-order valence-corrected chi connectivity index (χ1v) is 5.91. The summed E-state index contributed by atoms with van der Waals surface area (Å²) in [6.45, 7) is 3.33. The lowest BCUT2D eigenvalue weighted by Crippen LogP contribution is -2.29. The summed E-state index contributed by atoms with van der Waals surface area (Å²) in [6.07, 6.45) is 4.26. The number of carbonyl (C=O) groups excluding carboxylic acids is 1. The van der Waals surface area contributed by atoms with Crippen molar-refractivity contribution in [2.24, 2.45) is 5.73 Å². The summed E-state index contributed by atoms with van der Waals surface area (Å²) in [6, 6.07) is 4.00. The molecule has 1 saturated heterocycles. The molecule has 0 aromatic carbocycles. The number of aromatic nitrogens is 1. The van der Waals surface area contributed by atoms with Crippen molar-refractivity contribution >= 4 is 5.91 Å². The van der Waals surface area contributed by atoms with Crippen LogP contribution in [0.2, 0.25) is 0 Å². The average molecular weight is 221 g/mol. The van der Waals surface area contributed by atoms with Gasteiger partial charge in [0, 0.05) is 17.9 Å². The van der Waals surface area contributed by atoms with Gasteiger partial charge in [-0.05, 0) is 38.1 Å². The largest absolute Gasteiger partial charge is 0.369 e. The quantitative estimate of drug-likeness (QED) is 0.797. The molecule has 88 valence electrons. The van der Waals surface area contributed by atoms with Crippen molar-refractivity contribution in [2.45, 2.75) is 32.2 Å². The number of piperidine rings is 1. The van der Waals surface area contributed by atoms with Crippen LogP contribution in [0.15, 0.2) is 12.1 Å². The van der Waals surface area contributed by atoms with E-state index in [4.69, 9.17) is 5.73 Å². The summed E-state index contributed by atoms with van der Waals surface area (Å²) in [5.74, 6) is -0.286. The highest BCUT2D eigenvalue weighted by atomic mass is 16.1. The molecular weight excluding hydrogens is 202 g/mol. The molecule has 0 unspecified atom stereocenters. The molecule has 0 spiro atoms. The second kappa shape index (κ2) is 5.16. The fourth-order valence-electron chi connectivity index (χ4n) is 2.23. The molecule has 0 radical (unpaired) electrons. The zero-order valence-electron chi connectivity index (χ0n) is 9.54. The van der Waals surface area contributed by atoms with Gasteiger partial charge in [0.2, 0.25) is 5.91 Å². The van der Waals surface area contributed by atoms with Gasteiger partial charge in [-0.2, -0.15) is 0 Å². The normalized spacial score (nSPS) is 17.5. The smallest absolute Gasteiger partial charge is 0.223 e. The Bertz CT molecular complexity index is 353. The van der Waals surface area contributed by atoms with Gasteiger partial charge in [-0.3, -0.25) is 9.69 Å². The molecule has 1 aliphatic rings. The summed E-state index contributed by atoms with van der Waals surface area (Å²) in [4.78, 5) is 16.5. The van der Waals surface area contributed by atoms with Crippen molar-refractivity contribution in [1.82, 2.24) is 9.88 Å². The van der Waals surface area contributed by atoms with Gasteiger partial charge in [0.05, 0.1) is 6.42 Å². The monoisotopic (exact) mass is 221 g/mol. The Balaban J connectivity index is 1.88. The van der Waals surface area contributed by atoms with Crippen molar-refractivity contribution in [1.29, 1.82) is 0 Å². The molecule has 1 aromatic rings. The standard InChI is InChI=1S/C12H19N3O/c13-12(16)8-10-4-5-11(14-10)9-15-6-2-1-3-7-15/h4-5,14H,1-3,6-9H2,(H2,13,16). The van der Waals surface area contributed by atoms with Crippen LogP contribution in [0.25, 0.3) is 0 Å². The number of H-pyrrole nitrogens is 1. The summed E-state index contributed by atoms with van der Waals surface area (Å²) >= 11 is 0. The summed E-state index contributed by atoms with van der Waals surface area (Å²) in [5.41, 5.74) is 7.24. The minimum Gasteiger partial charge on any atom is -0.369 e. The first kappa shape index (κ1) is 11.2. The lowest BCUT2D eigenvalue weighted by atomic mass is 10.1. The fraction of sp³-hybridized carbons (Fsp3) is 0.583. The van der Waals surface area contributed by atoms with E-state index in [1.165, 1.54) is 38.0 Å². The van der Waals surface area contributed by atoms with Crippen molar-refractivity contribution in [3.8, 4) is 0 Å². The lowest BCUT2D eigenvalue weighted by Gasteiger charge is -2.25. The number of carbonyl (C=O) groups is 1. The molecule has 1 fully saturated rings. The van der Waals surface area contributed by atoms with E-state index in [2.05, 4.69) is 9.88 Å². The fourth-order valence-corrected chi connectivity index (χ4v) is 2.23. The number of aromatic amines is 1. The predicted molar refractivity (Wildman–Crippen MR) is 62.8 cm³/mol. The SMILES string of the molecule is NC(=O)Cc1ccc(CN2CCCCC2)[nH]1. The van der Waals surface area contributed by atoms with Crippen LogP contribution < -0.4 is 5.73 Å². The Hall–Kier alpha value is -1.29. The van der Waals surface area contributed by atoms with E-state index in [-0.39, 0.29) is 5.91 Å². The molecule has 0 saturated carbocycles. The van der Waals surface area contributed by atoms with Gasteiger partial charge in [-0.25, -0.2) is 0 Å². The third kappa shape index (κ3) is 3.10. The number of likely N-dealkylation sites (tertiary alicyclic amines) is 1. The number of hydrogen-bond acceptors (Lipinski definition) is 2. The maximum atomic E-state index is 10.8. The van der Waals surface area contributed by atoms with Crippen molar-refractivity contribution < 1.29 is 4.79 Å². The van der Waals surface area contributed by atoms with Crippen LogP contribution in [0.5, 0.6) is 0 Å². The number of amides is 1. The van der Waals surface area contributed by atoms with E-state index in [1.54, 1.807) is 0 Å². The minimum atomic E-state index is -0.286. The van der Waals surface area contributed by atoms with E-state index in [1.807, 2.05) is 12.1 Å². The number of nitrogens with two attached hydrogens (primary N) is 1. The van der Waals surface area contributed by atoms with Crippen molar-refractivity contribution in [3.05, 3.63) is 23.5 Å². The Labute approximate surface area is 95.8 Å². The molecule has 2 heterocycles. The predicted octanol–water partition coefficient (Wildman–Crippen LogP) is 1.03. The van der Waals surface area contributed by atoms with Crippen LogP contribution in [0.3, 0.4) is 0 Å². The Morgan fingerprint density at radius 3 is 2.62 bits per heavy atom. The third-order valence-electron chi connectivity index (χ3n) is 3.01. The Morgan fingerprint density at radius 2 is 1.94 bits per heavy atom.